The van der Waals surface area contributed by atoms with Crippen LogP contribution >= 0.6 is 12.4 Å². The van der Waals surface area contributed by atoms with Crippen molar-refractivity contribution in [3.8, 4) is 5.75 Å². The van der Waals surface area contributed by atoms with Gasteiger partial charge in [-0.15, -0.1) is 12.4 Å². The third-order valence-corrected chi connectivity index (χ3v) is 5.41. The zero-order valence-electron chi connectivity index (χ0n) is 16.0. The molecule has 27 heavy (non-hydrogen) atoms. The van der Waals surface area contributed by atoms with Crippen molar-refractivity contribution in [1.82, 2.24) is 10.3 Å². The standard InChI is InChI=1S/C23H28N2O.ClH/c1-2-17-7-3-4-11-22(17)26-16-6-9-18-8-5-10-21-23(18)19-12-14-24-15-13-20(19)25-21;/h3-5,7-8,10-11,24-25H,2,6,9,12-16H2,1H3;1H. The Morgan fingerprint density at radius 3 is 2.67 bits per heavy atom. The van der Waals surface area contributed by atoms with E-state index in [0.29, 0.717) is 0 Å². The summed E-state index contributed by atoms with van der Waals surface area (Å²) in [4.78, 5) is 3.66. The molecule has 1 aliphatic rings. The van der Waals surface area contributed by atoms with E-state index in [0.717, 1.165) is 57.6 Å². The highest BCUT2D eigenvalue weighted by molar-refractivity contribution is 5.88. The predicted octanol–water partition coefficient (Wildman–Crippen LogP) is 4.85. The van der Waals surface area contributed by atoms with E-state index in [-0.39, 0.29) is 12.4 Å². The molecule has 0 unspecified atom stereocenters. The lowest BCUT2D eigenvalue weighted by atomic mass is 9.99. The number of aromatic nitrogens is 1. The van der Waals surface area contributed by atoms with Gasteiger partial charge in [0.05, 0.1) is 6.61 Å². The molecule has 4 heteroatoms. The molecule has 1 aliphatic heterocycles. The molecule has 0 fully saturated rings. The molecule has 2 aromatic carbocycles. The van der Waals surface area contributed by atoms with Gasteiger partial charge in [0, 0.05) is 29.6 Å². The lowest BCUT2D eigenvalue weighted by Gasteiger charge is -2.11. The first-order valence-electron chi connectivity index (χ1n) is 9.89. The van der Waals surface area contributed by atoms with Crippen LogP contribution < -0.4 is 10.1 Å². The van der Waals surface area contributed by atoms with Crippen molar-refractivity contribution in [1.29, 1.82) is 0 Å². The topological polar surface area (TPSA) is 37.0 Å². The monoisotopic (exact) mass is 384 g/mol. The van der Waals surface area contributed by atoms with E-state index >= 15 is 0 Å². The fourth-order valence-corrected chi connectivity index (χ4v) is 4.08. The molecule has 144 valence electrons. The zero-order valence-corrected chi connectivity index (χ0v) is 16.8. The van der Waals surface area contributed by atoms with Crippen LogP contribution in [-0.4, -0.2) is 24.7 Å². The van der Waals surface area contributed by atoms with Crippen LogP contribution in [0.15, 0.2) is 42.5 Å². The van der Waals surface area contributed by atoms with Crippen LogP contribution in [0.25, 0.3) is 10.9 Å². The van der Waals surface area contributed by atoms with Crippen LogP contribution in [-0.2, 0) is 25.7 Å². The van der Waals surface area contributed by atoms with Gasteiger partial charge in [-0.2, -0.15) is 0 Å². The maximum Gasteiger partial charge on any atom is 0.122 e. The minimum atomic E-state index is 0. The van der Waals surface area contributed by atoms with Gasteiger partial charge < -0.3 is 15.0 Å². The SMILES string of the molecule is CCc1ccccc1OCCCc1cccc2[nH]c3c(c12)CCNCC3.Cl. The highest BCUT2D eigenvalue weighted by Crippen LogP contribution is 2.28. The number of hydrogen-bond donors (Lipinski definition) is 2. The highest BCUT2D eigenvalue weighted by Gasteiger charge is 2.16. The fourth-order valence-electron chi connectivity index (χ4n) is 4.08. The van der Waals surface area contributed by atoms with E-state index < -0.39 is 0 Å². The Morgan fingerprint density at radius 1 is 0.963 bits per heavy atom. The summed E-state index contributed by atoms with van der Waals surface area (Å²) in [6, 6.07) is 15.1. The van der Waals surface area contributed by atoms with Gasteiger partial charge in [-0.05, 0) is 61.1 Å². The first kappa shape index (κ1) is 19.8. The second kappa shape index (κ2) is 9.29. The lowest BCUT2D eigenvalue weighted by molar-refractivity contribution is 0.308. The molecular weight excluding hydrogens is 356 g/mol. The average Bonchev–Trinajstić information content (AvgIpc) is 2.88. The average molecular weight is 385 g/mol. The summed E-state index contributed by atoms with van der Waals surface area (Å²) < 4.78 is 6.06. The molecular formula is C23H29ClN2O. The van der Waals surface area contributed by atoms with Gasteiger partial charge in [-0.1, -0.05) is 37.3 Å². The largest absolute Gasteiger partial charge is 0.493 e. The summed E-state index contributed by atoms with van der Waals surface area (Å²) >= 11 is 0. The number of aryl methyl sites for hydroxylation is 2. The number of aromatic amines is 1. The van der Waals surface area contributed by atoms with E-state index in [1.54, 1.807) is 0 Å². The Labute approximate surface area is 167 Å². The summed E-state index contributed by atoms with van der Waals surface area (Å²) in [5.74, 6) is 1.04. The van der Waals surface area contributed by atoms with Crippen LogP contribution in [0.3, 0.4) is 0 Å². The van der Waals surface area contributed by atoms with Crippen molar-refractivity contribution < 1.29 is 4.74 Å². The van der Waals surface area contributed by atoms with Gasteiger partial charge in [0.15, 0.2) is 0 Å². The normalized spacial score (nSPS) is 13.7. The molecule has 0 bridgehead atoms. The van der Waals surface area contributed by atoms with Gasteiger partial charge in [-0.3, -0.25) is 0 Å². The Kier molecular flexibility index (Phi) is 6.81. The first-order valence-corrected chi connectivity index (χ1v) is 9.89. The lowest BCUT2D eigenvalue weighted by Crippen LogP contribution is -2.16. The molecule has 3 nitrogen and oxygen atoms in total. The molecule has 0 saturated heterocycles. The molecule has 0 spiro atoms. The number of benzene rings is 2. The number of hydrogen-bond acceptors (Lipinski definition) is 2. The summed E-state index contributed by atoms with van der Waals surface area (Å²) in [6.45, 7) is 5.09. The van der Waals surface area contributed by atoms with Crippen LogP contribution in [0, 0.1) is 0 Å². The van der Waals surface area contributed by atoms with Gasteiger partial charge in [0.2, 0.25) is 0 Å². The zero-order chi connectivity index (χ0) is 17.8. The predicted molar refractivity (Wildman–Crippen MR) is 115 cm³/mol. The van der Waals surface area contributed by atoms with Crippen LogP contribution in [0.2, 0.25) is 0 Å². The van der Waals surface area contributed by atoms with Crippen molar-refractivity contribution >= 4 is 23.3 Å². The first-order chi connectivity index (χ1) is 12.9. The fraction of sp³-hybridized carbons (Fsp3) is 0.391. The van der Waals surface area contributed by atoms with Crippen molar-refractivity contribution in [3.05, 3.63) is 64.8 Å². The van der Waals surface area contributed by atoms with Crippen LogP contribution in [0.1, 0.15) is 35.7 Å². The molecule has 4 rings (SSSR count). The maximum absolute atomic E-state index is 6.06. The molecule has 0 aliphatic carbocycles. The molecule has 0 saturated carbocycles. The summed E-state index contributed by atoms with van der Waals surface area (Å²) in [5, 5.41) is 4.96. The van der Waals surface area contributed by atoms with E-state index in [4.69, 9.17) is 4.74 Å². The number of fused-ring (bicyclic) bond motifs is 3. The van der Waals surface area contributed by atoms with Crippen molar-refractivity contribution in [2.75, 3.05) is 19.7 Å². The van der Waals surface area contributed by atoms with E-state index in [1.807, 2.05) is 0 Å². The molecule has 0 atom stereocenters. The smallest absolute Gasteiger partial charge is 0.122 e. The molecule has 1 aromatic heterocycles. The molecule has 2 heterocycles. The highest BCUT2D eigenvalue weighted by atomic mass is 35.5. The van der Waals surface area contributed by atoms with Crippen LogP contribution in [0.4, 0.5) is 0 Å². The third kappa shape index (κ3) is 4.31. The second-order valence-electron chi connectivity index (χ2n) is 7.09. The second-order valence-corrected chi connectivity index (χ2v) is 7.09. The Hall–Kier alpha value is -1.97. The molecule has 3 aromatic rings. The van der Waals surface area contributed by atoms with E-state index in [9.17, 15) is 0 Å². The quantitative estimate of drug-likeness (QED) is 0.596. The summed E-state index contributed by atoms with van der Waals surface area (Å²) in [7, 11) is 0. The Balaban J connectivity index is 0.00000210. The van der Waals surface area contributed by atoms with Crippen molar-refractivity contribution in [2.24, 2.45) is 0 Å². The minimum Gasteiger partial charge on any atom is -0.493 e. The van der Waals surface area contributed by atoms with Crippen LogP contribution in [0.5, 0.6) is 5.75 Å². The number of ether oxygens (including phenoxy) is 1. The number of nitrogens with one attached hydrogen (secondary N) is 2. The number of halogens is 1. The number of H-pyrrole nitrogens is 1. The number of para-hydroxylation sites is 1. The minimum absolute atomic E-state index is 0. The van der Waals surface area contributed by atoms with E-state index in [2.05, 4.69) is 59.7 Å². The molecule has 0 amide bonds. The molecule has 0 radical (unpaired) electrons. The number of rotatable bonds is 6. The van der Waals surface area contributed by atoms with E-state index in [1.165, 1.54) is 33.3 Å². The van der Waals surface area contributed by atoms with Crippen molar-refractivity contribution in [2.45, 2.75) is 39.0 Å². The van der Waals surface area contributed by atoms with Gasteiger partial charge in [0.1, 0.15) is 5.75 Å². The molecule has 2 N–H and O–H groups in total. The van der Waals surface area contributed by atoms with Crippen molar-refractivity contribution in [3.63, 3.8) is 0 Å². The maximum atomic E-state index is 6.06. The third-order valence-electron chi connectivity index (χ3n) is 5.41. The van der Waals surface area contributed by atoms with Gasteiger partial charge in [0.25, 0.3) is 0 Å². The van der Waals surface area contributed by atoms with Gasteiger partial charge in [-0.25, -0.2) is 0 Å². The summed E-state index contributed by atoms with van der Waals surface area (Å²) in [6.07, 6.45) is 5.32. The van der Waals surface area contributed by atoms with Gasteiger partial charge >= 0.3 is 0 Å². The summed E-state index contributed by atoms with van der Waals surface area (Å²) in [5.41, 5.74) is 6.99. The Bertz CT molecular complexity index is 887. The Morgan fingerprint density at radius 2 is 1.78 bits per heavy atom.